The monoisotopic (exact) mass is 489 g/mol. The van der Waals surface area contributed by atoms with E-state index in [9.17, 15) is 9.59 Å². The topological polar surface area (TPSA) is 85.5 Å². The molecule has 1 fully saturated rings. The third-order valence-electron chi connectivity index (χ3n) is 5.88. The highest BCUT2D eigenvalue weighted by atomic mass is 32.2. The van der Waals surface area contributed by atoms with E-state index < -0.39 is 18.1 Å². The number of thiazole rings is 1. The standard InChI is InChI=1S/C26H23N3O3S2/c1-16-20(34-15-28-16)13-12-19-14-33-25-21(27)24(30)29(25)22(19)26(31)32-23(17-8-4-2-5-9-17)18-10-6-3-7-11-18/h2-13,15,21,23,25H,14,27H2,1H3/b13-12-. The van der Waals surface area contributed by atoms with Crippen molar-refractivity contribution < 1.29 is 14.3 Å². The minimum absolute atomic E-state index is 0.260. The van der Waals surface area contributed by atoms with Crippen LogP contribution in [0.25, 0.3) is 6.08 Å². The molecule has 0 spiro atoms. The maximum atomic E-state index is 13.7. The third kappa shape index (κ3) is 4.20. The number of carbonyl (C=O) groups is 2. The molecule has 0 saturated carbocycles. The number of hydrogen-bond acceptors (Lipinski definition) is 7. The molecule has 2 unspecified atom stereocenters. The molecule has 0 bridgehead atoms. The first-order valence-electron chi connectivity index (χ1n) is 10.9. The van der Waals surface area contributed by atoms with Gasteiger partial charge in [-0.05, 0) is 29.7 Å². The van der Waals surface area contributed by atoms with Gasteiger partial charge >= 0.3 is 5.97 Å². The number of amides is 1. The van der Waals surface area contributed by atoms with Crippen LogP contribution in [0.15, 0.2) is 83.5 Å². The van der Waals surface area contributed by atoms with E-state index in [1.54, 1.807) is 17.3 Å². The number of aromatic nitrogens is 1. The number of carbonyl (C=O) groups excluding carboxylic acids is 2. The van der Waals surface area contributed by atoms with E-state index in [1.807, 2.05) is 79.7 Å². The Kier molecular flexibility index (Phi) is 6.36. The Bertz CT molecular complexity index is 1230. The molecule has 5 rings (SSSR count). The second-order valence-corrected chi connectivity index (χ2v) is 10.0. The van der Waals surface area contributed by atoms with Gasteiger partial charge in [0.25, 0.3) is 0 Å². The van der Waals surface area contributed by atoms with Crippen LogP contribution in [0.4, 0.5) is 0 Å². The third-order valence-corrected chi connectivity index (χ3v) is 8.10. The van der Waals surface area contributed by atoms with E-state index >= 15 is 0 Å². The summed E-state index contributed by atoms with van der Waals surface area (Å²) in [4.78, 5) is 33.1. The van der Waals surface area contributed by atoms with E-state index in [-0.39, 0.29) is 17.0 Å². The lowest BCUT2D eigenvalue weighted by Crippen LogP contribution is -2.68. The molecule has 3 heterocycles. The fraction of sp³-hybridized carbons (Fsp3) is 0.192. The molecular formula is C26H23N3O3S2. The fourth-order valence-corrected chi connectivity index (χ4v) is 6.01. The summed E-state index contributed by atoms with van der Waals surface area (Å²) in [6.07, 6.45) is 3.22. The predicted molar refractivity (Wildman–Crippen MR) is 135 cm³/mol. The number of hydrogen-bond donors (Lipinski definition) is 1. The number of β-lactam (4-membered cyclic amide) rings is 1. The Labute approximate surface area is 206 Å². The van der Waals surface area contributed by atoms with Crippen molar-refractivity contribution in [3.63, 3.8) is 0 Å². The van der Waals surface area contributed by atoms with Crippen LogP contribution in [0, 0.1) is 6.92 Å². The van der Waals surface area contributed by atoms with Crippen molar-refractivity contribution >= 4 is 41.1 Å². The predicted octanol–water partition coefficient (Wildman–Crippen LogP) is 4.29. The zero-order valence-electron chi connectivity index (χ0n) is 18.5. The number of esters is 1. The fourth-order valence-electron chi connectivity index (χ4n) is 4.05. The SMILES string of the molecule is Cc1ncsc1/C=C\C1=C(C(=O)OC(c2ccccc2)c2ccccc2)N2C(=O)C(N)C2SC1. The zero-order chi connectivity index (χ0) is 23.7. The van der Waals surface area contributed by atoms with Crippen molar-refractivity contribution in [2.45, 2.75) is 24.4 Å². The van der Waals surface area contributed by atoms with Gasteiger partial charge in [0.2, 0.25) is 5.91 Å². The minimum atomic E-state index is -0.610. The van der Waals surface area contributed by atoms with Crippen molar-refractivity contribution in [3.05, 3.63) is 105 Å². The van der Waals surface area contributed by atoms with E-state index in [4.69, 9.17) is 10.5 Å². The number of thioether (sulfide) groups is 1. The molecule has 1 aromatic heterocycles. The van der Waals surface area contributed by atoms with Gasteiger partial charge in [0.05, 0.1) is 11.2 Å². The normalized spacial score (nSPS) is 20.0. The van der Waals surface area contributed by atoms with Crippen LogP contribution in [0.1, 0.15) is 27.8 Å². The number of benzene rings is 2. The molecule has 1 amide bonds. The van der Waals surface area contributed by atoms with Gasteiger partial charge in [-0.25, -0.2) is 9.78 Å². The summed E-state index contributed by atoms with van der Waals surface area (Å²) >= 11 is 3.08. The Morgan fingerprint density at radius 1 is 1.12 bits per heavy atom. The van der Waals surface area contributed by atoms with Crippen LogP contribution in [0.3, 0.4) is 0 Å². The molecule has 2 aromatic carbocycles. The summed E-state index contributed by atoms with van der Waals surface area (Å²) in [5.41, 5.74) is 11.4. The number of nitrogens with two attached hydrogens (primary N) is 1. The first-order valence-corrected chi connectivity index (χ1v) is 12.8. The van der Waals surface area contributed by atoms with Gasteiger partial charge in [-0.2, -0.15) is 0 Å². The summed E-state index contributed by atoms with van der Waals surface area (Å²) in [6.45, 7) is 1.94. The minimum Gasteiger partial charge on any atom is -0.448 e. The summed E-state index contributed by atoms with van der Waals surface area (Å²) in [7, 11) is 0. The van der Waals surface area contributed by atoms with Crippen LogP contribution in [0.2, 0.25) is 0 Å². The van der Waals surface area contributed by atoms with Crippen molar-refractivity contribution in [3.8, 4) is 0 Å². The molecule has 8 heteroatoms. The maximum absolute atomic E-state index is 13.7. The molecular weight excluding hydrogens is 466 g/mol. The smallest absolute Gasteiger partial charge is 0.356 e. The number of allylic oxidation sites excluding steroid dienone is 1. The lowest BCUT2D eigenvalue weighted by molar-refractivity contribution is -0.153. The molecule has 1 saturated heterocycles. The average molecular weight is 490 g/mol. The maximum Gasteiger partial charge on any atom is 0.356 e. The summed E-state index contributed by atoms with van der Waals surface area (Å²) in [6, 6.07) is 18.6. The Morgan fingerprint density at radius 3 is 2.35 bits per heavy atom. The lowest BCUT2D eigenvalue weighted by Gasteiger charge is -2.48. The highest BCUT2D eigenvalue weighted by Crippen LogP contribution is 2.41. The van der Waals surface area contributed by atoms with Crippen molar-refractivity contribution in [1.29, 1.82) is 0 Å². The molecule has 2 aliphatic heterocycles. The number of rotatable bonds is 6. The lowest BCUT2D eigenvalue weighted by atomic mass is 10.0. The van der Waals surface area contributed by atoms with Gasteiger partial charge in [-0.15, -0.1) is 23.1 Å². The number of aryl methyl sites for hydroxylation is 1. The van der Waals surface area contributed by atoms with Crippen molar-refractivity contribution in [1.82, 2.24) is 9.88 Å². The van der Waals surface area contributed by atoms with Crippen LogP contribution >= 0.6 is 23.1 Å². The van der Waals surface area contributed by atoms with Crippen molar-refractivity contribution in [2.75, 3.05) is 5.75 Å². The zero-order valence-corrected chi connectivity index (χ0v) is 20.1. The molecule has 172 valence electrons. The van der Waals surface area contributed by atoms with Gasteiger partial charge in [-0.1, -0.05) is 66.7 Å². The summed E-state index contributed by atoms with van der Waals surface area (Å²) in [5, 5.41) is -0.260. The van der Waals surface area contributed by atoms with E-state index in [2.05, 4.69) is 4.98 Å². The van der Waals surface area contributed by atoms with E-state index in [0.29, 0.717) is 5.75 Å². The molecule has 2 aliphatic rings. The summed E-state index contributed by atoms with van der Waals surface area (Å²) in [5.74, 6) is -0.244. The first-order chi connectivity index (χ1) is 16.5. The largest absolute Gasteiger partial charge is 0.448 e. The highest BCUT2D eigenvalue weighted by Gasteiger charge is 2.52. The molecule has 2 N–H and O–H groups in total. The van der Waals surface area contributed by atoms with Gasteiger partial charge in [0.15, 0.2) is 6.10 Å². The number of ether oxygens (including phenoxy) is 1. The van der Waals surface area contributed by atoms with Crippen LogP contribution in [-0.4, -0.2) is 38.9 Å². The van der Waals surface area contributed by atoms with Gasteiger partial charge in [-0.3, -0.25) is 9.69 Å². The van der Waals surface area contributed by atoms with E-state index in [1.165, 1.54) is 16.2 Å². The quantitative estimate of drug-likeness (QED) is 0.411. The summed E-state index contributed by atoms with van der Waals surface area (Å²) < 4.78 is 6.10. The number of fused-ring (bicyclic) bond motifs is 1. The van der Waals surface area contributed by atoms with Crippen LogP contribution in [0.5, 0.6) is 0 Å². The number of nitrogens with zero attached hydrogens (tertiary/aromatic N) is 2. The van der Waals surface area contributed by atoms with Crippen molar-refractivity contribution in [2.24, 2.45) is 5.73 Å². The molecule has 0 radical (unpaired) electrons. The van der Waals surface area contributed by atoms with Crippen LogP contribution < -0.4 is 5.73 Å². The molecule has 34 heavy (non-hydrogen) atoms. The Morgan fingerprint density at radius 2 is 1.76 bits per heavy atom. The van der Waals surface area contributed by atoms with Gasteiger partial charge in [0.1, 0.15) is 17.1 Å². The molecule has 0 aliphatic carbocycles. The first kappa shape index (κ1) is 22.6. The van der Waals surface area contributed by atoms with Gasteiger partial charge in [0, 0.05) is 10.6 Å². The van der Waals surface area contributed by atoms with Gasteiger partial charge < -0.3 is 10.5 Å². The van der Waals surface area contributed by atoms with Crippen LogP contribution in [-0.2, 0) is 14.3 Å². The average Bonchev–Trinajstić information content (AvgIpc) is 3.30. The Balaban J connectivity index is 1.52. The highest BCUT2D eigenvalue weighted by molar-refractivity contribution is 8.00. The second-order valence-electron chi connectivity index (χ2n) is 8.05. The Hall–Kier alpha value is -3.20. The second kappa shape index (κ2) is 9.58. The molecule has 6 nitrogen and oxygen atoms in total. The van der Waals surface area contributed by atoms with E-state index in [0.717, 1.165) is 27.3 Å². The molecule has 3 aromatic rings. The molecule has 2 atom stereocenters.